The normalized spacial score (nSPS) is 17.4. The van der Waals surface area contributed by atoms with E-state index in [1.807, 2.05) is 6.20 Å². The van der Waals surface area contributed by atoms with Gasteiger partial charge in [0.05, 0.1) is 6.54 Å². The molecule has 3 rings (SSSR count). The van der Waals surface area contributed by atoms with Gasteiger partial charge in [0.2, 0.25) is 5.60 Å². The van der Waals surface area contributed by atoms with Gasteiger partial charge in [-0.1, -0.05) is 12.1 Å². The first-order valence-electron chi connectivity index (χ1n) is 8.43. The van der Waals surface area contributed by atoms with Gasteiger partial charge in [0.15, 0.2) is 11.6 Å². The third kappa shape index (κ3) is 3.66. The molecule has 0 unspecified atom stereocenters. The monoisotopic (exact) mass is 347 g/mol. The Morgan fingerprint density at radius 3 is 2.72 bits per heavy atom. The first kappa shape index (κ1) is 17.4. The molecule has 25 heavy (non-hydrogen) atoms. The summed E-state index contributed by atoms with van der Waals surface area (Å²) in [4.78, 5) is 18.3. The second-order valence-electron chi connectivity index (χ2n) is 6.24. The summed E-state index contributed by atoms with van der Waals surface area (Å²) < 4.78 is 21.6. The van der Waals surface area contributed by atoms with Crippen LogP contribution in [0.5, 0.6) is 5.75 Å². The van der Waals surface area contributed by atoms with Gasteiger partial charge in [-0.15, -0.1) is 0 Å². The summed E-state index contributed by atoms with van der Waals surface area (Å²) in [5.41, 5.74) is -1.39. The molecule has 0 spiro atoms. The second-order valence-corrected chi connectivity index (χ2v) is 6.24. The Morgan fingerprint density at radius 2 is 2.08 bits per heavy atom. The molecule has 1 saturated heterocycles. The van der Waals surface area contributed by atoms with E-state index in [1.165, 1.54) is 12.1 Å². The molecule has 1 aliphatic rings. The van der Waals surface area contributed by atoms with Gasteiger partial charge in [0.1, 0.15) is 5.82 Å². The Labute approximate surface area is 145 Å². The number of nitrogens with zero attached hydrogens (tertiary/aromatic N) is 3. The number of aromatic nitrogens is 2. The van der Waals surface area contributed by atoms with Crippen molar-refractivity contribution < 1.29 is 19.0 Å². The van der Waals surface area contributed by atoms with Crippen LogP contribution in [0, 0.1) is 5.82 Å². The zero-order valence-corrected chi connectivity index (χ0v) is 14.2. The number of carboxylic acid groups (broad SMARTS) is 1. The number of aliphatic carboxylic acids is 1. The molecular formula is C18H22FN3O3. The molecule has 1 aromatic carbocycles. The lowest BCUT2D eigenvalue weighted by molar-refractivity contribution is -0.160. The van der Waals surface area contributed by atoms with Crippen molar-refractivity contribution in [3.8, 4) is 5.75 Å². The summed E-state index contributed by atoms with van der Waals surface area (Å²) in [6.45, 7) is 4.67. The van der Waals surface area contributed by atoms with Crippen LogP contribution >= 0.6 is 0 Å². The second kappa shape index (κ2) is 7.23. The fraction of sp³-hybridized carbons (Fsp3) is 0.444. The quantitative estimate of drug-likeness (QED) is 0.870. The lowest BCUT2D eigenvalue weighted by Crippen LogP contribution is -2.53. The van der Waals surface area contributed by atoms with E-state index < -0.39 is 17.4 Å². The van der Waals surface area contributed by atoms with Crippen LogP contribution in [0.25, 0.3) is 0 Å². The zero-order chi connectivity index (χ0) is 17.9. The Balaban J connectivity index is 1.68. The highest BCUT2D eigenvalue weighted by Crippen LogP contribution is 2.31. The number of likely N-dealkylation sites (tertiary alicyclic amines) is 1. The number of imidazole rings is 1. The minimum absolute atomic E-state index is 0.0140. The Bertz CT molecular complexity index is 739. The topological polar surface area (TPSA) is 67.6 Å². The van der Waals surface area contributed by atoms with Gasteiger partial charge in [-0.25, -0.2) is 14.2 Å². The van der Waals surface area contributed by atoms with Gasteiger partial charge in [-0.05, 0) is 19.1 Å². The lowest BCUT2D eigenvalue weighted by atomic mass is 9.91. The number of benzene rings is 1. The summed E-state index contributed by atoms with van der Waals surface area (Å²) in [7, 11) is 0. The third-order valence-corrected chi connectivity index (χ3v) is 4.70. The zero-order valence-electron chi connectivity index (χ0n) is 14.2. The summed E-state index contributed by atoms with van der Waals surface area (Å²) in [5, 5.41) is 9.68. The predicted molar refractivity (Wildman–Crippen MR) is 89.8 cm³/mol. The minimum atomic E-state index is -1.39. The molecule has 2 heterocycles. The first-order valence-corrected chi connectivity index (χ1v) is 8.43. The number of hydrogen-bond donors (Lipinski definition) is 1. The van der Waals surface area contributed by atoms with Crippen molar-refractivity contribution >= 4 is 5.97 Å². The summed E-state index contributed by atoms with van der Waals surface area (Å²) in [6.07, 6.45) is 4.29. The van der Waals surface area contributed by atoms with Crippen molar-refractivity contribution in [3.63, 3.8) is 0 Å². The number of piperidine rings is 1. The van der Waals surface area contributed by atoms with Crippen molar-refractivity contribution in [2.75, 3.05) is 13.1 Å². The van der Waals surface area contributed by atoms with Crippen molar-refractivity contribution in [3.05, 3.63) is 48.3 Å². The maximum absolute atomic E-state index is 13.9. The molecule has 1 aromatic heterocycles. The molecule has 134 valence electrons. The minimum Gasteiger partial charge on any atom is -0.478 e. The van der Waals surface area contributed by atoms with Gasteiger partial charge in [0, 0.05) is 44.9 Å². The van der Waals surface area contributed by atoms with E-state index in [-0.39, 0.29) is 5.75 Å². The van der Waals surface area contributed by atoms with Crippen molar-refractivity contribution in [2.45, 2.75) is 38.5 Å². The van der Waals surface area contributed by atoms with E-state index >= 15 is 0 Å². The predicted octanol–water partition coefficient (Wildman–Crippen LogP) is 2.54. The summed E-state index contributed by atoms with van der Waals surface area (Å²) in [5.74, 6) is -0.652. The molecule has 0 amide bonds. The van der Waals surface area contributed by atoms with Gasteiger partial charge in [0.25, 0.3) is 0 Å². The fourth-order valence-corrected chi connectivity index (χ4v) is 3.15. The molecule has 0 bridgehead atoms. The fourth-order valence-electron chi connectivity index (χ4n) is 3.15. The third-order valence-electron chi connectivity index (χ3n) is 4.70. The van der Waals surface area contributed by atoms with Crippen molar-refractivity contribution in [2.24, 2.45) is 0 Å². The van der Waals surface area contributed by atoms with Crippen LogP contribution in [0.2, 0.25) is 0 Å². The maximum Gasteiger partial charge on any atom is 0.348 e. The van der Waals surface area contributed by atoms with E-state index in [9.17, 15) is 14.3 Å². The molecular weight excluding hydrogens is 325 g/mol. The Hall–Kier alpha value is -2.41. The van der Waals surface area contributed by atoms with Crippen LogP contribution in [0.4, 0.5) is 4.39 Å². The standard InChI is InChI=1S/C18H22FN3O3/c1-2-22-12-9-20-16(22)13-21-10-7-18(8-11-21,17(23)24)25-15-6-4-3-5-14(15)19/h3-6,9,12H,2,7-8,10-11,13H2,1H3,(H,23,24). The highest BCUT2D eigenvalue weighted by molar-refractivity contribution is 5.78. The Kier molecular flexibility index (Phi) is 5.03. The molecule has 1 N–H and O–H groups in total. The summed E-state index contributed by atoms with van der Waals surface area (Å²) in [6, 6.07) is 5.91. The number of aryl methyl sites for hydroxylation is 1. The molecule has 0 saturated carbocycles. The number of rotatable bonds is 6. The van der Waals surface area contributed by atoms with Gasteiger partial charge in [-0.3, -0.25) is 4.90 Å². The van der Waals surface area contributed by atoms with Crippen LogP contribution in [0.15, 0.2) is 36.7 Å². The molecule has 1 aliphatic heterocycles. The maximum atomic E-state index is 13.9. The molecule has 2 aromatic rings. The van der Waals surface area contributed by atoms with Crippen molar-refractivity contribution in [1.29, 1.82) is 0 Å². The molecule has 0 atom stereocenters. The highest BCUT2D eigenvalue weighted by Gasteiger charge is 2.44. The lowest BCUT2D eigenvalue weighted by Gasteiger charge is -2.38. The van der Waals surface area contributed by atoms with Crippen LogP contribution in [0.3, 0.4) is 0 Å². The molecule has 7 heteroatoms. The Morgan fingerprint density at radius 1 is 1.36 bits per heavy atom. The van der Waals surface area contributed by atoms with Crippen LogP contribution in [0.1, 0.15) is 25.6 Å². The average Bonchev–Trinajstić information content (AvgIpc) is 3.06. The number of para-hydroxylation sites is 1. The number of hydrogen-bond acceptors (Lipinski definition) is 4. The van der Waals surface area contributed by atoms with Gasteiger partial charge in [-0.2, -0.15) is 0 Å². The summed E-state index contributed by atoms with van der Waals surface area (Å²) >= 11 is 0. The molecule has 0 aliphatic carbocycles. The van der Waals surface area contributed by atoms with E-state index in [4.69, 9.17) is 4.74 Å². The average molecular weight is 347 g/mol. The van der Waals surface area contributed by atoms with E-state index in [1.54, 1.807) is 18.3 Å². The van der Waals surface area contributed by atoms with Crippen LogP contribution < -0.4 is 4.74 Å². The van der Waals surface area contributed by atoms with Gasteiger partial charge < -0.3 is 14.4 Å². The van der Waals surface area contributed by atoms with Crippen molar-refractivity contribution in [1.82, 2.24) is 14.5 Å². The number of carbonyl (C=O) groups is 1. The largest absolute Gasteiger partial charge is 0.478 e. The number of carboxylic acids is 1. The molecule has 0 radical (unpaired) electrons. The number of ether oxygens (including phenoxy) is 1. The van der Waals surface area contributed by atoms with Gasteiger partial charge >= 0.3 is 5.97 Å². The highest BCUT2D eigenvalue weighted by atomic mass is 19.1. The van der Waals surface area contributed by atoms with E-state index in [2.05, 4.69) is 21.4 Å². The first-order chi connectivity index (χ1) is 12.0. The molecule has 1 fully saturated rings. The smallest absolute Gasteiger partial charge is 0.348 e. The van der Waals surface area contributed by atoms with E-state index in [0.717, 1.165) is 12.4 Å². The SMILES string of the molecule is CCn1ccnc1CN1CCC(Oc2ccccc2F)(C(=O)O)CC1. The van der Waals surface area contributed by atoms with Crippen LogP contribution in [-0.2, 0) is 17.9 Å². The van der Waals surface area contributed by atoms with E-state index in [0.29, 0.717) is 32.5 Å². The van der Waals surface area contributed by atoms with Crippen LogP contribution in [-0.4, -0.2) is 44.2 Å². The number of halogens is 1. The molecule has 6 nitrogen and oxygen atoms in total.